The Kier molecular flexibility index (Phi) is 1.42. The molecule has 1 fully saturated rings. The summed E-state index contributed by atoms with van der Waals surface area (Å²) in [5.74, 6) is 1.75. The molecule has 0 amide bonds. The lowest BCUT2D eigenvalue weighted by molar-refractivity contribution is 0.483. The highest BCUT2D eigenvalue weighted by Crippen LogP contribution is 2.56. The molecule has 2 atom stereocenters. The molecule has 0 spiro atoms. The number of rotatable bonds is 2. The Labute approximate surface area is 58.0 Å². The van der Waals surface area contributed by atoms with Crippen LogP contribution in [0, 0.1) is 17.3 Å². The Morgan fingerprint density at radius 2 is 2.22 bits per heavy atom. The van der Waals surface area contributed by atoms with Crippen LogP contribution in [0.1, 0.15) is 27.2 Å². The molecule has 0 heterocycles. The van der Waals surface area contributed by atoms with Gasteiger partial charge in [0.1, 0.15) is 0 Å². The van der Waals surface area contributed by atoms with Crippen molar-refractivity contribution in [2.75, 3.05) is 0 Å². The zero-order valence-corrected chi connectivity index (χ0v) is 6.65. The molecule has 0 bridgehead atoms. The molecule has 1 aliphatic carbocycles. The third-order valence-corrected chi connectivity index (χ3v) is 2.62. The standard InChI is InChI=1S/C9H16/c1-5-9(4)6-8(9)7(2)3/h5,7-8H,1,6H2,2-4H3. The zero-order valence-electron chi connectivity index (χ0n) is 6.65. The predicted octanol–water partition coefficient (Wildman–Crippen LogP) is 2.85. The summed E-state index contributed by atoms with van der Waals surface area (Å²) in [4.78, 5) is 0. The highest BCUT2D eigenvalue weighted by Gasteiger charge is 2.48. The molecule has 0 aliphatic heterocycles. The molecule has 0 aromatic heterocycles. The van der Waals surface area contributed by atoms with E-state index in [0.717, 1.165) is 11.8 Å². The average Bonchev–Trinajstić information content (AvgIpc) is 2.44. The van der Waals surface area contributed by atoms with E-state index in [4.69, 9.17) is 0 Å². The van der Waals surface area contributed by atoms with E-state index >= 15 is 0 Å². The van der Waals surface area contributed by atoms with Gasteiger partial charge >= 0.3 is 0 Å². The van der Waals surface area contributed by atoms with E-state index in [2.05, 4.69) is 33.4 Å². The zero-order chi connectivity index (χ0) is 7.07. The molecular weight excluding hydrogens is 108 g/mol. The normalized spacial score (nSPS) is 41.1. The van der Waals surface area contributed by atoms with Crippen molar-refractivity contribution in [3.63, 3.8) is 0 Å². The molecule has 9 heavy (non-hydrogen) atoms. The molecule has 0 nitrogen and oxygen atoms in total. The minimum absolute atomic E-state index is 0.494. The summed E-state index contributed by atoms with van der Waals surface area (Å²) in [5, 5.41) is 0. The molecular formula is C9H16. The third kappa shape index (κ3) is 1.03. The van der Waals surface area contributed by atoms with Gasteiger partial charge in [0.2, 0.25) is 0 Å². The summed E-state index contributed by atoms with van der Waals surface area (Å²) >= 11 is 0. The Bertz CT molecular complexity index is 124. The van der Waals surface area contributed by atoms with Crippen LogP contribution in [-0.2, 0) is 0 Å². The van der Waals surface area contributed by atoms with Crippen molar-refractivity contribution in [2.24, 2.45) is 17.3 Å². The number of hydrogen-bond donors (Lipinski definition) is 0. The van der Waals surface area contributed by atoms with Crippen molar-refractivity contribution in [3.05, 3.63) is 12.7 Å². The van der Waals surface area contributed by atoms with Gasteiger partial charge in [0, 0.05) is 0 Å². The fourth-order valence-corrected chi connectivity index (χ4v) is 1.65. The van der Waals surface area contributed by atoms with Crippen molar-refractivity contribution in [1.29, 1.82) is 0 Å². The predicted molar refractivity (Wildman–Crippen MR) is 41.2 cm³/mol. The van der Waals surface area contributed by atoms with E-state index in [9.17, 15) is 0 Å². The van der Waals surface area contributed by atoms with Gasteiger partial charge in [-0.25, -0.2) is 0 Å². The maximum Gasteiger partial charge on any atom is -0.0115 e. The molecule has 1 saturated carbocycles. The molecule has 1 aliphatic rings. The molecule has 0 radical (unpaired) electrons. The van der Waals surface area contributed by atoms with E-state index in [-0.39, 0.29) is 0 Å². The minimum atomic E-state index is 0.494. The Morgan fingerprint density at radius 1 is 1.67 bits per heavy atom. The molecule has 2 unspecified atom stereocenters. The summed E-state index contributed by atoms with van der Waals surface area (Å²) < 4.78 is 0. The van der Waals surface area contributed by atoms with Gasteiger partial charge in [-0.05, 0) is 23.7 Å². The molecule has 0 N–H and O–H groups in total. The first kappa shape index (κ1) is 6.85. The Morgan fingerprint density at radius 3 is 2.33 bits per heavy atom. The van der Waals surface area contributed by atoms with Crippen LogP contribution < -0.4 is 0 Å². The van der Waals surface area contributed by atoms with Crippen molar-refractivity contribution in [1.82, 2.24) is 0 Å². The van der Waals surface area contributed by atoms with Crippen LogP contribution in [0.15, 0.2) is 12.7 Å². The molecule has 1 rings (SSSR count). The van der Waals surface area contributed by atoms with Crippen LogP contribution in [0.3, 0.4) is 0 Å². The first-order chi connectivity index (χ1) is 4.10. The maximum atomic E-state index is 3.83. The second kappa shape index (κ2) is 1.86. The Hall–Kier alpha value is -0.260. The fraction of sp³-hybridized carbons (Fsp3) is 0.778. The second-order valence-corrected chi connectivity index (χ2v) is 3.76. The quantitative estimate of drug-likeness (QED) is 0.496. The summed E-state index contributed by atoms with van der Waals surface area (Å²) in [6.45, 7) is 10.7. The van der Waals surface area contributed by atoms with Crippen molar-refractivity contribution in [2.45, 2.75) is 27.2 Å². The summed E-state index contributed by atoms with van der Waals surface area (Å²) in [7, 11) is 0. The molecule has 0 aromatic carbocycles. The van der Waals surface area contributed by atoms with Crippen molar-refractivity contribution in [3.8, 4) is 0 Å². The smallest absolute Gasteiger partial charge is 0.0115 e. The molecule has 0 heteroatoms. The molecule has 0 aromatic rings. The van der Waals surface area contributed by atoms with Gasteiger partial charge < -0.3 is 0 Å². The first-order valence-corrected chi connectivity index (χ1v) is 3.74. The second-order valence-electron chi connectivity index (χ2n) is 3.76. The van der Waals surface area contributed by atoms with Crippen molar-refractivity contribution < 1.29 is 0 Å². The first-order valence-electron chi connectivity index (χ1n) is 3.74. The lowest BCUT2D eigenvalue weighted by Gasteiger charge is -2.06. The fourth-order valence-electron chi connectivity index (χ4n) is 1.65. The van der Waals surface area contributed by atoms with Gasteiger partial charge in [0.25, 0.3) is 0 Å². The van der Waals surface area contributed by atoms with Crippen molar-refractivity contribution >= 4 is 0 Å². The molecule has 0 saturated heterocycles. The van der Waals surface area contributed by atoms with Gasteiger partial charge in [0.05, 0.1) is 0 Å². The van der Waals surface area contributed by atoms with Gasteiger partial charge in [0.15, 0.2) is 0 Å². The van der Waals surface area contributed by atoms with E-state index in [1.165, 1.54) is 6.42 Å². The SMILES string of the molecule is C=CC1(C)CC1C(C)C. The largest absolute Gasteiger partial charge is 0.103 e. The van der Waals surface area contributed by atoms with E-state index in [1.54, 1.807) is 0 Å². The highest BCUT2D eigenvalue weighted by molar-refractivity contribution is 5.10. The van der Waals surface area contributed by atoms with Crippen LogP contribution in [0.2, 0.25) is 0 Å². The summed E-state index contributed by atoms with van der Waals surface area (Å²) in [5.41, 5.74) is 0.494. The lowest BCUT2D eigenvalue weighted by Crippen LogP contribution is -1.98. The van der Waals surface area contributed by atoms with Crippen LogP contribution in [0.4, 0.5) is 0 Å². The van der Waals surface area contributed by atoms with Crippen LogP contribution in [0.25, 0.3) is 0 Å². The van der Waals surface area contributed by atoms with Gasteiger partial charge in [-0.3, -0.25) is 0 Å². The van der Waals surface area contributed by atoms with E-state index in [1.807, 2.05) is 0 Å². The van der Waals surface area contributed by atoms with E-state index in [0.29, 0.717) is 5.41 Å². The van der Waals surface area contributed by atoms with E-state index < -0.39 is 0 Å². The van der Waals surface area contributed by atoms with Crippen LogP contribution >= 0.6 is 0 Å². The summed E-state index contributed by atoms with van der Waals surface area (Å²) in [6.07, 6.45) is 3.46. The average molecular weight is 124 g/mol. The van der Waals surface area contributed by atoms with Gasteiger partial charge in [-0.2, -0.15) is 0 Å². The lowest BCUT2D eigenvalue weighted by atomic mass is 9.99. The minimum Gasteiger partial charge on any atom is -0.103 e. The monoisotopic (exact) mass is 124 g/mol. The Balaban J connectivity index is 2.47. The molecule has 52 valence electrons. The van der Waals surface area contributed by atoms with Gasteiger partial charge in [-0.15, -0.1) is 6.58 Å². The number of allylic oxidation sites excluding steroid dienone is 1. The maximum absolute atomic E-state index is 3.83. The highest BCUT2D eigenvalue weighted by atomic mass is 14.5. The van der Waals surface area contributed by atoms with Gasteiger partial charge in [-0.1, -0.05) is 26.8 Å². The van der Waals surface area contributed by atoms with Crippen LogP contribution in [-0.4, -0.2) is 0 Å². The summed E-state index contributed by atoms with van der Waals surface area (Å²) in [6, 6.07) is 0. The topological polar surface area (TPSA) is 0 Å². The number of hydrogen-bond acceptors (Lipinski definition) is 0. The van der Waals surface area contributed by atoms with Crippen LogP contribution in [0.5, 0.6) is 0 Å². The third-order valence-electron chi connectivity index (χ3n) is 2.62.